The number of hydrogen-bond acceptors (Lipinski definition) is 4. The van der Waals surface area contributed by atoms with Crippen LogP contribution in [-0.4, -0.2) is 43.0 Å². The van der Waals surface area contributed by atoms with Crippen LogP contribution in [-0.2, 0) is 29.1 Å². The summed E-state index contributed by atoms with van der Waals surface area (Å²) >= 11 is 0. The van der Waals surface area contributed by atoms with Crippen molar-refractivity contribution in [3.05, 3.63) is 65.2 Å². The molecule has 4 rings (SSSR count). The van der Waals surface area contributed by atoms with Crippen LogP contribution in [0.2, 0.25) is 0 Å². The first kappa shape index (κ1) is 20.4. The van der Waals surface area contributed by atoms with Crippen molar-refractivity contribution in [3.8, 4) is 5.75 Å². The minimum absolute atomic E-state index is 0.0349. The zero-order valence-corrected chi connectivity index (χ0v) is 17.4. The van der Waals surface area contributed by atoms with Crippen LogP contribution < -0.4 is 15.4 Å². The van der Waals surface area contributed by atoms with Gasteiger partial charge in [-0.15, -0.1) is 0 Å². The van der Waals surface area contributed by atoms with Gasteiger partial charge in [-0.2, -0.15) is 0 Å². The van der Waals surface area contributed by atoms with E-state index >= 15 is 0 Å². The number of ether oxygens (including phenoxy) is 1. The molecule has 30 heavy (non-hydrogen) atoms. The van der Waals surface area contributed by atoms with E-state index in [-0.39, 0.29) is 23.8 Å². The maximum atomic E-state index is 13.0. The molecular formula is C24H29N3O3. The van der Waals surface area contributed by atoms with Crippen LogP contribution >= 0.6 is 0 Å². The summed E-state index contributed by atoms with van der Waals surface area (Å²) in [6.45, 7) is 2.52. The van der Waals surface area contributed by atoms with E-state index in [0.717, 1.165) is 24.3 Å². The average Bonchev–Trinajstić information content (AvgIpc) is 2.82. The third-order valence-corrected chi connectivity index (χ3v) is 6.18. The number of rotatable bonds is 5. The van der Waals surface area contributed by atoms with Crippen LogP contribution in [0.1, 0.15) is 29.5 Å². The number of carbonyl (C=O) groups excluding carboxylic acids is 2. The number of benzene rings is 2. The van der Waals surface area contributed by atoms with Crippen LogP contribution in [0.3, 0.4) is 0 Å². The zero-order chi connectivity index (χ0) is 20.9. The van der Waals surface area contributed by atoms with Gasteiger partial charge in [0.1, 0.15) is 5.75 Å². The van der Waals surface area contributed by atoms with E-state index < -0.39 is 0 Å². The van der Waals surface area contributed by atoms with Crippen molar-refractivity contribution in [2.75, 3.05) is 20.2 Å². The molecule has 0 saturated carbocycles. The number of carbonyl (C=O) groups is 2. The van der Waals surface area contributed by atoms with Gasteiger partial charge in [-0.3, -0.25) is 9.59 Å². The molecule has 1 saturated heterocycles. The van der Waals surface area contributed by atoms with Crippen LogP contribution in [0.5, 0.6) is 5.75 Å². The smallest absolute Gasteiger partial charge is 0.240 e. The standard InChI is InChI=1S/C24H29N3O3/c1-30-21-8-6-17(7-9-21)15-26-23(28)18-10-12-27(13-11-18)24(29)22-14-19-4-2-3-5-20(19)16-25-22/h2-9,18,22,25H,10-16H2,1H3,(H,26,28)/t22-/m0/s1. The quantitative estimate of drug-likeness (QED) is 0.798. The second-order valence-corrected chi connectivity index (χ2v) is 8.07. The molecule has 0 aliphatic carbocycles. The van der Waals surface area contributed by atoms with Crippen LogP contribution in [0.25, 0.3) is 0 Å². The topological polar surface area (TPSA) is 70.7 Å². The summed E-state index contributed by atoms with van der Waals surface area (Å²) in [6.07, 6.45) is 2.16. The average molecular weight is 408 g/mol. The maximum absolute atomic E-state index is 13.0. The molecular weight excluding hydrogens is 378 g/mol. The molecule has 0 aromatic heterocycles. The SMILES string of the molecule is COc1ccc(CNC(=O)C2CCN(C(=O)[C@@H]3Cc4ccccc4CN3)CC2)cc1. The minimum Gasteiger partial charge on any atom is -0.497 e. The van der Waals surface area contributed by atoms with Gasteiger partial charge in [0.05, 0.1) is 13.2 Å². The molecule has 2 amide bonds. The first-order chi connectivity index (χ1) is 14.6. The Hall–Kier alpha value is -2.86. The summed E-state index contributed by atoms with van der Waals surface area (Å²) in [6, 6.07) is 15.8. The molecule has 2 aliphatic rings. The predicted molar refractivity (Wildman–Crippen MR) is 115 cm³/mol. The number of nitrogens with one attached hydrogen (secondary N) is 2. The Morgan fingerprint density at radius 3 is 2.47 bits per heavy atom. The monoisotopic (exact) mass is 407 g/mol. The molecule has 2 aromatic rings. The highest BCUT2D eigenvalue weighted by atomic mass is 16.5. The molecule has 2 N–H and O–H groups in total. The number of piperidine rings is 1. The number of nitrogens with zero attached hydrogens (tertiary/aromatic N) is 1. The third kappa shape index (κ3) is 4.65. The largest absolute Gasteiger partial charge is 0.497 e. The Labute approximate surface area is 177 Å². The van der Waals surface area contributed by atoms with Gasteiger partial charge < -0.3 is 20.3 Å². The van der Waals surface area contributed by atoms with Gasteiger partial charge in [-0.25, -0.2) is 0 Å². The number of methoxy groups -OCH3 is 1. The summed E-state index contributed by atoms with van der Waals surface area (Å²) in [4.78, 5) is 27.4. The summed E-state index contributed by atoms with van der Waals surface area (Å²) in [5.74, 6) is 0.995. The molecule has 0 unspecified atom stereocenters. The van der Waals surface area contributed by atoms with Gasteiger partial charge >= 0.3 is 0 Å². The van der Waals surface area contributed by atoms with Gasteiger partial charge in [0.15, 0.2) is 0 Å². The van der Waals surface area contributed by atoms with Gasteiger partial charge in [-0.1, -0.05) is 36.4 Å². The lowest BCUT2D eigenvalue weighted by molar-refractivity contribution is -0.137. The molecule has 1 fully saturated rings. The lowest BCUT2D eigenvalue weighted by atomic mass is 9.92. The second kappa shape index (κ2) is 9.30. The third-order valence-electron chi connectivity index (χ3n) is 6.18. The molecule has 2 heterocycles. The summed E-state index contributed by atoms with van der Waals surface area (Å²) in [7, 11) is 1.64. The normalized spacial score (nSPS) is 19.1. The number of likely N-dealkylation sites (tertiary alicyclic amines) is 1. The van der Waals surface area contributed by atoms with Crippen molar-refractivity contribution in [2.24, 2.45) is 5.92 Å². The molecule has 0 bridgehead atoms. The van der Waals surface area contributed by atoms with Gasteiger partial charge in [0, 0.05) is 32.1 Å². The van der Waals surface area contributed by atoms with E-state index in [9.17, 15) is 9.59 Å². The Bertz CT molecular complexity index is 889. The van der Waals surface area contributed by atoms with Crippen molar-refractivity contribution >= 4 is 11.8 Å². The molecule has 0 spiro atoms. The highest BCUT2D eigenvalue weighted by Crippen LogP contribution is 2.22. The minimum atomic E-state index is -0.166. The van der Waals surface area contributed by atoms with E-state index in [1.165, 1.54) is 11.1 Å². The van der Waals surface area contributed by atoms with Crippen molar-refractivity contribution in [1.29, 1.82) is 0 Å². The number of fused-ring (bicyclic) bond motifs is 1. The van der Waals surface area contributed by atoms with E-state index in [0.29, 0.717) is 32.5 Å². The van der Waals surface area contributed by atoms with Crippen molar-refractivity contribution < 1.29 is 14.3 Å². The van der Waals surface area contributed by atoms with Gasteiger partial charge in [0.25, 0.3) is 0 Å². The fraction of sp³-hybridized carbons (Fsp3) is 0.417. The van der Waals surface area contributed by atoms with E-state index in [1.807, 2.05) is 41.3 Å². The number of hydrogen-bond donors (Lipinski definition) is 2. The highest BCUT2D eigenvalue weighted by Gasteiger charge is 2.32. The lowest BCUT2D eigenvalue weighted by Crippen LogP contribution is -2.52. The molecule has 158 valence electrons. The Balaban J connectivity index is 1.24. The Morgan fingerprint density at radius 1 is 1.07 bits per heavy atom. The Kier molecular flexibility index (Phi) is 6.33. The summed E-state index contributed by atoms with van der Waals surface area (Å²) in [5.41, 5.74) is 3.57. The Morgan fingerprint density at radius 2 is 1.77 bits per heavy atom. The molecule has 0 radical (unpaired) electrons. The fourth-order valence-electron chi connectivity index (χ4n) is 4.29. The fourth-order valence-corrected chi connectivity index (χ4v) is 4.29. The van der Waals surface area contributed by atoms with Crippen LogP contribution in [0, 0.1) is 5.92 Å². The highest BCUT2D eigenvalue weighted by molar-refractivity contribution is 5.83. The number of amides is 2. The van der Waals surface area contributed by atoms with Crippen molar-refractivity contribution in [3.63, 3.8) is 0 Å². The van der Waals surface area contributed by atoms with E-state index in [2.05, 4.69) is 22.8 Å². The second-order valence-electron chi connectivity index (χ2n) is 8.07. The molecule has 6 heteroatoms. The zero-order valence-electron chi connectivity index (χ0n) is 17.4. The van der Waals surface area contributed by atoms with E-state index in [1.54, 1.807) is 7.11 Å². The summed E-state index contributed by atoms with van der Waals surface area (Å²) in [5, 5.41) is 6.40. The lowest BCUT2D eigenvalue weighted by Gasteiger charge is -2.35. The predicted octanol–water partition coefficient (Wildman–Crippen LogP) is 2.26. The first-order valence-corrected chi connectivity index (χ1v) is 10.6. The van der Waals surface area contributed by atoms with Crippen LogP contribution in [0.4, 0.5) is 0 Å². The van der Waals surface area contributed by atoms with Crippen molar-refractivity contribution in [1.82, 2.24) is 15.5 Å². The first-order valence-electron chi connectivity index (χ1n) is 10.6. The molecule has 6 nitrogen and oxygen atoms in total. The summed E-state index contributed by atoms with van der Waals surface area (Å²) < 4.78 is 5.16. The maximum Gasteiger partial charge on any atom is 0.240 e. The van der Waals surface area contributed by atoms with Crippen LogP contribution in [0.15, 0.2) is 48.5 Å². The van der Waals surface area contributed by atoms with E-state index in [4.69, 9.17) is 4.74 Å². The van der Waals surface area contributed by atoms with Gasteiger partial charge in [-0.05, 0) is 48.1 Å². The van der Waals surface area contributed by atoms with Gasteiger partial charge in [0.2, 0.25) is 11.8 Å². The molecule has 1 atom stereocenters. The van der Waals surface area contributed by atoms with Crippen molar-refractivity contribution in [2.45, 2.75) is 38.4 Å². The molecule has 2 aliphatic heterocycles. The molecule has 2 aromatic carbocycles.